The number of thioether (sulfide) groups is 1. The van der Waals surface area contributed by atoms with E-state index >= 15 is 8.78 Å². The molecule has 14 atom stereocenters. The van der Waals surface area contributed by atoms with Gasteiger partial charge in [-0.25, -0.2) is 27.1 Å². The number of benzene rings is 1. The Kier molecular flexibility index (Phi) is 21.3. The number of urea groups is 1. The number of ketones is 1. The number of hydrogen-bond donors (Lipinski definition) is 8. The minimum absolute atomic E-state index is 0.00514. The van der Waals surface area contributed by atoms with E-state index in [4.69, 9.17) is 28.6 Å². The van der Waals surface area contributed by atoms with Crippen molar-refractivity contribution in [2.75, 3.05) is 24.5 Å². The van der Waals surface area contributed by atoms with Crippen LogP contribution in [0.4, 0.5) is 23.7 Å². The zero-order chi connectivity index (χ0) is 59.0. The van der Waals surface area contributed by atoms with Crippen LogP contribution in [-0.4, -0.2) is 123 Å². The van der Waals surface area contributed by atoms with E-state index in [0.717, 1.165) is 43.9 Å². The number of alkyl halides is 3. The number of nitrogens with two attached hydrogens (primary N) is 1. The number of amides is 5. The van der Waals surface area contributed by atoms with Crippen molar-refractivity contribution in [1.82, 2.24) is 16.0 Å². The number of anilines is 1. The van der Waals surface area contributed by atoms with E-state index in [0.29, 0.717) is 6.42 Å². The highest BCUT2D eigenvalue weighted by Gasteiger charge is 2.80. The molecule has 22 nitrogen and oxygen atoms in total. The fraction of sp³-hybridized carbons (Fsp3) is 0.635. The van der Waals surface area contributed by atoms with Crippen LogP contribution in [0, 0.1) is 40.4 Å². The van der Waals surface area contributed by atoms with E-state index in [1.807, 2.05) is 0 Å². The van der Waals surface area contributed by atoms with Gasteiger partial charge in [0.15, 0.2) is 11.5 Å². The zero-order valence-corrected chi connectivity index (χ0v) is 47.5. The van der Waals surface area contributed by atoms with Gasteiger partial charge in [-0.1, -0.05) is 58.2 Å². The van der Waals surface area contributed by atoms with Gasteiger partial charge in [-0.3, -0.25) is 37.8 Å². The monoisotopic (exact) mass is 1190 g/mol. The SMILES string of the molecule is CCC(=O)O[C@]1(C(=O)SCF)[C@H](O)C[C@H]2[C@@H]3C[C@H](F)C4=CC(=O)C=C[C@]4(C)[C@@]3(F)[C@@H](OP(=O)(O)OP(=O)(O)OCc3ccc(NC(=O)[C@H](CCCNC(N)=O)NC(=O)[C@@H](NC(=O)COC4C#CCCCCC4)C(C)C)cc3)C[C@@]21C. The molecule has 0 heterocycles. The number of rotatable bonds is 24. The molecule has 0 bridgehead atoms. The van der Waals surface area contributed by atoms with Crippen LogP contribution >= 0.6 is 27.4 Å². The molecule has 0 aromatic heterocycles. The number of aliphatic hydroxyl groups excluding tert-OH is 1. The number of nitrogens with one attached hydrogen (secondary N) is 4. The van der Waals surface area contributed by atoms with Gasteiger partial charge >= 0.3 is 27.6 Å². The van der Waals surface area contributed by atoms with E-state index in [9.17, 15) is 62.0 Å². The standard InChI is InChI=1S/C52H70F3N5O17P2S/c1-6-43(64)75-52(47(67)80-29-53)40(62)25-35-36-24-38(54)37-23-33(61)20-21-49(37,4)51(36,55)41(26-50(35,52)5)76-79(71,72)77-78(69,70)74-27-31-16-18-32(19-17-31)58-45(65)39(15-12-22-57-48(56)68)59-46(66)44(30(2)3)60-42(63)28-73-34-13-10-8-7-9-11-14-34/h16-21,23,30,34-36,38-41,44,62H,6-10,12-13,15,22,24-29H2,1-5H3,(H,58,65)(H,59,66)(H,60,63)(H,69,70)(H,71,72)(H3,56,57,68)/t34?,35-,36-,38-,39-,40+,41-,44-,49-,50-,51-,52-/m0/s1. The molecular formula is C52H70F3N5O17P2S. The summed E-state index contributed by atoms with van der Waals surface area (Å²) >= 11 is 0.0413. The zero-order valence-electron chi connectivity index (χ0n) is 44.9. The summed E-state index contributed by atoms with van der Waals surface area (Å²) in [5.41, 5.74) is -4.70. The van der Waals surface area contributed by atoms with Crippen LogP contribution in [0.3, 0.4) is 0 Å². The van der Waals surface area contributed by atoms with Crippen LogP contribution < -0.4 is 27.0 Å². The first-order valence-electron chi connectivity index (χ1n) is 26.3. The number of phosphoric ester groups is 2. The molecule has 9 N–H and O–H groups in total. The third kappa shape index (κ3) is 14.3. The van der Waals surface area contributed by atoms with Gasteiger partial charge in [0.05, 0.1) is 6.61 Å². The summed E-state index contributed by atoms with van der Waals surface area (Å²) in [6, 6.07) is 0.857. The van der Waals surface area contributed by atoms with Gasteiger partial charge in [0, 0.05) is 41.8 Å². The highest BCUT2D eigenvalue weighted by atomic mass is 32.2. The third-order valence-electron chi connectivity index (χ3n) is 15.7. The fourth-order valence-corrected chi connectivity index (χ4v) is 14.7. The average Bonchev–Trinajstić information content (AvgIpc) is 3.62. The lowest BCUT2D eigenvalue weighted by atomic mass is 9.44. The van der Waals surface area contributed by atoms with E-state index in [2.05, 4.69) is 33.1 Å². The van der Waals surface area contributed by atoms with E-state index in [1.165, 1.54) is 45.0 Å². The molecular weight excluding hydrogens is 1120 g/mol. The van der Waals surface area contributed by atoms with Crippen LogP contribution in [0.2, 0.25) is 0 Å². The molecule has 442 valence electrons. The molecule has 6 rings (SSSR count). The van der Waals surface area contributed by atoms with E-state index in [-0.39, 0.29) is 61.0 Å². The van der Waals surface area contributed by atoms with Gasteiger partial charge in [-0.2, -0.15) is 4.31 Å². The predicted molar refractivity (Wildman–Crippen MR) is 283 cm³/mol. The summed E-state index contributed by atoms with van der Waals surface area (Å²) in [6.07, 6.45) is -1.85. The predicted octanol–water partition coefficient (Wildman–Crippen LogP) is 5.98. The van der Waals surface area contributed by atoms with E-state index < -0.39 is 165 Å². The number of allylic oxidation sites excluding steroid dienone is 4. The summed E-state index contributed by atoms with van der Waals surface area (Å²) in [4.78, 5) is 113. The first-order valence-corrected chi connectivity index (χ1v) is 30.3. The molecule has 3 unspecified atom stereocenters. The Balaban J connectivity index is 1.15. The number of fused-ring (bicyclic) bond motifs is 5. The Hall–Kier alpha value is -4.93. The second kappa shape index (κ2) is 26.5. The molecule has 28 heteroatoms. The second-order valence-electron chi connectivity index (χ2n) is 21.3. The smallest absolute Gasteiger partial charge is 0.447 e. The number of phosphoric acid groups is 2. The second-order valence-corrected chi connectivity index (χ2v) is 25.1. The van der Waals surface area contributed by atoms with Gasteiger partial charge in [0.2, 0.25) is 28.4 Å². The molecule has 3 saturated carbocycles. The molecule has 5 aliphatic rings. The highest BCUT2D eigenvalue weighted by Crippen LogP contribution is 2.73. The Morgan fingerprint density at radius 1 is 0.988 bits per heavy atom. The van der Waals surface area contributed by atoms with Crippen molar-refractivity contribution < 1.29 is 93.6 Å². The van der Waals surface area contributed by atoms with Gasteiger partial charge < -0.3 is 51.4 Å². The molecule has 0 radical (unpaired) electrons. The minimum atomic E-state index is -6.03. The quantitative estimate of drug-likeness (QED) is 0.0255. The molecule has 1 aromatic rings. The minimum Gasteiger partial charge on any atom is -0.447 e. The lowest BCUT2D eigenvalue weighted by Gasteiger charge is -2.63. The third-order valence-corrected chi connectivity index (χ3v) is 19.0. The Morgan fingerprint density at radius 2 is 1.70 bits per heavy atom. The average molecular weight is 1190 g/mol. The summed E-state index contributed by atoms with van der Waals surface area (Å²) in [7, 11) is -11.7. The number of halogens is 3. The van der Waals surface area contributed by atoms with Crippen LogP contribution in [0.15, 0.2) is 48.1 Å². The van der Waals surface area contributed by atoms with Crippen molar-refractivity contribution in [3.05, 3.63) is 53.6 Å². The van der Waals surface area contributed by atoms with Gasteiger partial charge in [0.1, 0.15) is 49.2 Å². The highest BCUT2D eigenvalue weighted by molar-refractivity contribution is 8.13. The summed E-state index contributed by atoms with van der Waals surface area (Å²) in [5.74, 6) is -1.01. The molecule has 0 saturated heterocycles. The van der Waals surface area contributed by atoms with Crippen LogP contribution in [-0.2, 0) is 67.3 Å². The van der Waals surface area contributed by atoms with Crippen LogP contribution in [0.25, 0.3) is 0 Å². The maximum atomic E-state index is 18.8. The van der Waals surface area contributed by atoms with Gasteiger partial charge in [0.25, 0.3) is 0 Å². The Morgan fingerprint density at radius 3 is 2.36 bits per heavy atom. The van der Waals surface area contributed by atoms with Crippen molar-refractivity contribution in [2.45, 2.75) is 160 Å². The molecule has 0 spiro atoms. The normalized spacial score (nSPS) is 31.1. The van der Waals surface area contributed by atoms with Crippen LogP contribution in [0.1, 0.15) is 111 Å². The van der Waals surface area contributed by atoms with Crippen LogP contribution in [0.5, 0.6) is 0 Å². The maximum Gasteiger partial charge on any atom is 0.481 e. The molecule has 80 heavy (non-hydrogen) atoms. The van der Waals surface area contributed by atoms with Crippen molar-refractivity contribution in [3.63, 3.8) is 0 Å². The van der Waals surface area contributed by atoms with Gasteiger partial charge in [-0.15, -0.1) is 5.92 Å². The van der Waals surface area contributed by atoms with Crippen molar-refractivity contribution in [3.8, 4) is 11.8 Å². The number of primary amides is 1. The number of carbonyl (C=O) groups excluding carboxylic acids is 7. The maximum absolute atomic E-state index is 18.8. The lowest BCUT2D eigenvalue weighted by molar-refractivity contribution is -0.228. The topological polar surface area (TPSA) is 335 Å². The number of esters is 1. The molecule has 5 aliphatic carbocycles. The number of aliphatic hydroxyl groups is 1. The Labute approximate surface area is 465 Å². The van der Waals surface area contributed by atoms with Gasteiger partial charge in [-0.05, 0) is 117 Å². The van der Waals surface area contributed by atoms with E-state index in [1.54, 1.807) is 13.8 Å². The Bertz CT molecular complexity index is 2750. The summed E-state index contributed by atoms with van der Waals surface area (Å²) < 4.78 is 103. The molecule has 1 aromatic carbocycles. The summed E-state index contributed by atoms with van der Waals surface area (Å²) in [5, 5.41) is 20.9. The van der Waals surface area contributed by atoms with Crippen molar-refractivity contribution >= 4 is 73.7 Å². The molecule has 5 amide bonds. The lowest BCUT2D eigenvalue weighted by Crippen LogP contribution is -2.71. The largest absolute Gasteiger partial charge is 0.481 e. The number of hydrogen-bond acceptors (Lipinski definition) is 16. The number of ether oxygens (including phenoxy) is 2. The first-order chi connectivity index (χ1) is 37.6. The molecule has 0 aliphatic heterocycles. The van der Waals surface area contributed by atoms with Crippen molar-refractivity contribution in [2.24, 2.45) is 34.3 Å². The molecule has 3 fully saturated rings. The number of carbonyl (C=O) groups is 7. The summed E-state index contributed by atoms with van der Waals surface area (Å²) in [6.45, 7) is 6.16. The first kappa shape index (κ1) is 64.2. The van der Waals surface area contributed by atoms with Crippen molar-refractivity contribution in [1.29, 1.82) is 0 Å². The fourth-order valence-electron chi connectivity index (χ4n) is 11.8.